The van der Waals surface area contributed by atoms with Crippen LogP contribution >= 0.6 is 23.3 Å². The van der Waals surface area contributed by atoms with Crippen LogP contribution in [-0.4, -0.2) is 55.9 Å². The Balaban J connectivity index is 1.64. The molecule has 5 rings (SSSR count). The molecule has 0 bridgehead atoms. The summed E-state index contributed by atoms with van der Waals surface area (Å²) >= 11 is 1.25. The number of aliphatic hydroxyl groups is 1. The standard InChI is InChI=1S/C26H28F3NO5S2/c1-13-8-15-16-10-18(28)17-9-14(31)4-6-23(17,2)25(16,29)20(32)11-24(15,3)26(13,22(34)36-12-27)35-21(33)19-5-7-30-37-19/h4-7,9,13,15-16,18,20,32H,8,10-12H2,1-3H3/t13?,15-,16-,18?,20?,23-,24-,25?,26?/m0/s1. The van der Waals surface area contributed by atoms with E-state index in [1.54, 1.807) is 13.8 Å². The SMILES string of the molecule is CC1C[C@H]2[C@@H]3CC(F)C4=CC(=O)C=C[C@]4(C)C3(F)C(O)C[C@]2(C)C1(OC(=O)c1ccns1)C(=O)SCF. The fraction of sp³-hybridized carbons (Fsp3) is 0.615. The molecule has 11 heteroatoms. The third-order valence-electron chi connectivity index (χ3n) is 9.55. The minimum absolute atomic E-state index is 0.000559. The third kappa shape index (κ3) is 3.35. The van der Waals surface area contributed by atoms with Crippen LogP contribution in [0, 0.1) is 28.6 Å². The number of ether oxygens (including phenoxy) is 1. The lowest BCUT2D eigenvalue weighted by Gasteiger charge is -2.63. The predicted molar refractivity (Wildman–Crippen MR) is 132 cm³/mol. The van der Waals surface area contributed by atoms with Gasteiger partial charge in [0.15, 0.2) is 17.1 Å². The number of carbonyl (C=O) groups excluding carboxylic acids is 3. The van der Waals surface area contributed by atoms with Crippen molar-refractivity contribution in [1.29, 1.82) is 0 Å². The minimum atomic E-state index is -2.34. The molecule has 0 saturated heterocycles. The van der Waals surface area contributed by atoms with Gasteiger partial charge in [-0.1, -0.05) is 19.9 Å². The highest BCUT2D eigenvalue weighted by Crippen LogP contribution is 2.72. The van der Waals surface area contributed by atoms with E-state index >= 15 is 8.78 Å². The summed E-state index contributed by atoms with van der Waals surface area (Å²) in [7, 11) is 0. The average Bonchev–Trinajstić information content (AvgIpc) is 3.45. The van der Waals surface area contributed by atoms with E-state index in [0.717, 1.165) is 17.6 Å². The zero-order valence-electron chi connectivity index (χ0n) is 20.6. The van der Waals surface area contributed by atoms with Gasteiger partial charge in [0, 0.05) is 28.9 Å². The van der Waals surface area contributed by atoms with E-state index < -0.39 is 75.0 Å². The molecule has 1 aromatic heterocycles. The lowest BCUT2D eigenvalue weighted by molar-refractivity contribution is -0.221. The second kappa shape index (κ2) is 8.77. The number of alkyl halides is 3. The first-order valence-electron chi connectivity index (χ1n) is 12.2. The van der Waals surface area contributed by atoms with Gasteiger partial charge in [-0.15, -0.1) is 0 Å². The van der Waals surface area contributed by atoms with E-state index in [1.807, 2.05) is 0 Å². The number of carbonyl (C=O) groups is 3. The van der Waals surface area contributed by atoms with Crippen LogP contribution in [0.25, 0.3) is 0 Å². The van der Waals surface area contributed by atoms with Crippen molar-refractivity contribution >= 4 is 40.2 Å². The molecule has 1 aromatic rings. The van der Waals surface area contributed by atoms with Crippen LogP contribution in [0.4, 0.5) is 13.2 Å². The van der Waals surface area contributed by atoms with Gasteiger partial charge in [0.25, 0.3) is 0 Å². The first-order valence-corrected chi connectivity index (χ1v) is 14.0. The van der Waals surface area contributed by atoms with E-state index in [1.165, 1.54) is 31.3 Å². The smallest absolute Gasteiger partial charge is 0.351 e. The molecule has 9 atom stereocenters. The zero-order chi connectivity index (χ0) is 27.0. The molecule has 3 saturated carbocycles. The Kier molecular flexibility index (Phi) is 6.31. The van der Waals surface area contributed by atoms with Gasteiger partial charge in [-0.05, 0) is 79.2 Å². The number of nitrogens with zero attached hydrogens (tertiary/aromatic N) is 1. The molecule has 200 valence electrons. The van der Waals surface area contributed by atoms with Gasteiger partial charge in [-0.2, -0.15) is 0 Å². The molecule has 0 radical (unpaired) electrons. The molecule has 4 aliphatic carbocycles. The van der Waals surface area contributed by atoms with Gasteiger partial charge in [-0.25, -0.2) is 22.3 Å². The Bertz CT molecular complexity index is 1210. The summed E-state index contributed by atoms with van der Waals surface area (Å²) < 4.78 is 56.4. The van der Waals surface area contributed by atoms with Crippen LogP contribution in [0.1, 0.15) is 49.7 Å². The maximum absolute atomic E-state index is 17.4. The van der Waals surface area contributed by atoms with E-state index in [2.05, 4.69) is 4.37 Å². The van der Waals surface area contributed by atoms with Crippen molar-refractivity contribution in [2.24, 2.45) is 28.6 Å². The molecule has 4 aliphatic rings. The normalized spacial score (nSPS) is 44.5. The molecule has 0 amide bonds. The van der Waals surface area contributed by atoms with E-state index in [0.29, 0.717) is 11.8 Å². The summed E-state index contributed by atoms with van der Waals surface area (Å²) in [5.41, 5.74) is -7.10. The number of hydrogen-bond acceptors (Lipinski definition) is 8. The van der Waals surface area contributed by atoms with Crippen LogP contribution in [0.2, 0.25) is 0 Å². The minimum Gasteiger partial charge on any atom is -0.445 e. The number of allylic oxidation sites excluding steroid dienone is 4. The Hall–Kier alpha value is -1.98. The molecule has 1 N–H and O–H groups in total. The number of aliphatic hydroxyl groups excluding tert-OH is 1. The molecule has 37 heavy (non-hydrogen) atoms. The number of thioether (sulfide) groups is 1. The molecule has 0 spiro atoms. The molecule has 3 fully saturated rings. The molecule has 5 unspecified atom stereocenters. The Morgan fingerprint density at radius 2 is 2.03 bits per heavy atom. The highest BCUT2D eigenvalue weighted by atomic mass is 32.2. The first-order chi connectivity index (χ1) is 17.4. The summed E-state index contributed by atoms with van der Waals surface area (Å²) in [5, 5.41) is 10.8. The highest BCUT2D eigenvalue weighted by molar-refractivity contribution is 8.13. The van der Waals surface area contributed by atoms with Gasteiger partial charge in [0.1, 0.15) is 17.1 Å². The van der Waals surface area contributed by atoms with Crippen LogP contribution in [0.3, 0.4) is 0 Å². The predicted octanol–water partition coefficient (Wildman–Crippen LogP) is 4.79. The molecule has 1 heterocycles. The Labute approximate surface area is 220 Å². The summed E-state index contributed by atoms with van der Waals surface area (Å²) in [4.78, 5) is 38.9. The fourth-order valence-corrected chi connectivity index (χ4v) is 9.15. The maximum Gasteiger partial charge on any atom is 0.351 e. The summed E-state index contributed by atoms with van der Waals surface area (Å²) in [6, 6.07) is 0.387. The molecule has 6 nitrogen and oxygen atoms in total. The van der Waals surface area contributed by atoms with Gasteiger partial charge in [-0.3, -0.25) is 9.59 Å². The molecule has 0 aliphatic heterocycles. The lowest BCUT2D eigenvalue weighted by Crippen LogP contribution is -2.70. The zero-order valence-corrected chi connectivity index (χ0v) is 22.2. The van der Waals surface area contributed by atoms with Crippen molar-refractivity contribution in [2.45, 2.75) is 63.6 Å². The van der Waals surface area contributed by atoms with Gasteiger partial charge < -0.3 is 9.84 Å². The van der Waals surface area contributed by atoms with E-state index in [4.69, 9.17) is 4.74 Å². The monoisotopic (exact) mass is 555 g/mol. The first kappa shape index (κ1) is 26.6. The summed E-state index contributed by atoms with van der Waals surface area (Å²) in [6.07, 6.45) is 1.39. The largest absolute Gasteiger partial charge is 0.445 e. The van der Waals surface area contributed by atoms with Crippen LogP contribution in [0.5, 0.6) is 0 Å². The van der Waals surface area contributed by atoms with Gasteiger partial charge >= 0.3 is 5.97 Å². The van der Waals surface area contributed by atoms with Crippen LogP contribution in [-0.2, 0) is 14.3 Å². The quantitative estimate of drug-likeness (QED) is 0.534. The van der Waals surface area contributed by atoms with Crippen molar-refractivity contribution in [3.63, 3.8) is 0 Å². The van der Waals surface area contributed by atoms with E-state index in [9.17, 15) is 23.9 Å². The second-order valence-corrected chi connectivity index (χ2v) is 12.7. The number of ketones is 1. The summed E-state index contributed by atoms with van der Waals surface area (Å²) in [6.45, 7) is 4.84. The second-order valence-electron chi connectivity index (χ2n) is 11.0. The number of esters is 1. The van der Waals surface area contributed by atoms with E-state index in [-0.39, 0.29) is 29.7 Å². The van der Waals surface area contributed by atoms with Gasteiger partial charge in [0.05, 0.1) is 6.10 Å². The lowest BCUT2D eigenvalue weighted by atomic mass is 9.44. The molecular weight excluding hydrogens is 527 g/mol. The third-order valence-corrected chi connectivity index (χ3v) is 11.0. The van der Waals surface area contributed by atoms with Crippen molar-refractivity contribution in [3.05, 3.63) is 40.9 Å². The maximum atomic E-state index is 17.4. The highest BCUT2D eigenvalue weighted by Gasteiger charge is 2.78. The Morgan fingerprint density at radius 3 is 2.68 bits per heavy atom. The van der Waals surface area contributed by atoms with Crippen molar-refractivity contribution < 1.29 is 37.4 Å². The fourth-order valence-electron chi connectivity index (χ4n) is 7.89. The van der Waals surface area contributed by atoms with Crippen LogP contribution in [0.15, 0.2) is 36.1 Å². The topological polar surface area (TPSA) is 93.6 Å². The van der Waals surface area contributed by atoms with Crippen LogP contribution < -0.4 is 0 Å². The average molecular weight is 556 g/mol. The number of aromatic nitrogens is 1. The number of hydrogen-bond donors (Lipinski definition) is 1. The van der Waals surface area contributed by atoms with Crippen molar-refractivity contribution in [2.75, 3.05) is 6.01 Å². The number of fused-ring (bicyclic) bond motifs is 5. The number of halogens is 3. The van der Waals surface area contributed by atoms with Crippen molar-refractivity contribution in [1.82, 2.24) is 4.37 Å². The van der Waals surface area contributed by atoms with Crippen molar-refractivity contribution in [3.8, 4) is 0 Å². The molecular formula is C26H28F3NO5S2. The Morgan fingerprint density at radius 1 is 1.30 bits per heavy atom. The number of rotatable bonds is 4. The van der Waals surface area contributed by atoms with Gasteiger partial charge in [0.2, 0.25) is 5.12 Å². The summed E-state index contributed by atoms with van der Waals surface area (Å²) in [5.74, 6) is -3.63. The molecule has 0 aromatic carbocycles.